The fourth-order valence-corrected chi connectivity index (χ4v) is 2.86. The van der Waals surface area contributed by atoms with E-state index in [1.165, 1.54) is 71.1 Å². The highest BCUT2D eigenvalue weighted by atomic mass is 15.1. The van der Waals surface area contributed by atoms with Crippen LogP contribution >= 0.6 is 0 Å². The molecule has 2 aliphatic rings. The average molecular weight is 224 g/mol. The van der Waals surface area contributed by atoms with Crippen molar-refractivity contribution < 1.29 is 0 Å². The Morgan fingerprint density at radius 3 is 2.75 bits per heavy atom. The van der Waals surface area contributed by atoms with E-state index in [1.807, 2.05) is 0 Å². The predicted octanol–water partition coefficient (Wildman–Crippen LogP) is 2.64. The summed E-state index contributed by atoms with van der Waals surface area (Å²) in [6.07, 6.45) is 9.99. The van der Waals surface area contributed by atoms with Crippen LogP contribution in [0.4, 0.5) is 0 Å². The van der Waals surface area contributed by atoms with Gasteiger partial charge in [-0.3, -0.25) is 0 Å². The first-order valence-electron chi connectivity index (χ1n) is 7.34. The molecule has 1 unspecified atom stereocenters. The summed E-state index contributed by atoms with van der Waals surface area (Å²) in [6.45, 7) is 7.49. The van der Waals surface area contributed by atoms with Gasteiger partial charge in [-0.1, -0.05) is 19.8 Å². The standard InChI is InChI=1S/C14H28N2/c1-2-4-13-5-3-10-16(11-8-13)12-9-15-14-6-7-14/h13-15H,2-12H2,1H3. The third kappa shape index (κ3) is 4.42. The Bertz CT molecular complexity index is 189. The predicted molar refractivity (Wildman–Crippen MR) is 69.7 cm³/mol. The smallest absolute Gasteiger partial charge is 0.0107 e. The zero-order chi connectivity index (χ0) is 11.2. The molecular weight excluding hydrogens is 196 g/mol. The lowest BCUT2D eigenvalue weighted by Gasteiger charge is -2.20. The summed E-state index contributed by atoms with van der Waals surface area (Å²) in [6, 6.07) is 0.875. The van der Waals surface area contributed by atoms with Crippen molar-refractivity contribution in [3.8, 4) is 0 Å². The summed E-state index contributed by atoms with van der Waals surface area (Å²) in [4.78, 5) is 2.67. The Hall–Kier alpha value is -0.0800. The topological polar surface area (TPSA) is 15.3 Å². The van der Waals surface area contributed by atoms with E-state index in [4.69, 9.17) is 0 Å². The first kappa shape index (κ1) is 12.4. The van der Waals surface area contributed by atoms with E-state index >= 15 is 0 Å². The van der Waals surface area contributed by atoms with Gasteiger partial charge in [0.2, 0.25) is 0 Å². The molecule has 16 heavy (non-hydrogen) atoms. The molecule has 1 saturated carbocycles. The fraction of sp³-hybridized carbons (Fsp3) is 1.00. The van der Waals surface area contributed by atoms with Gasteiger partial charge in [-0.25, -0.2) is 0 Å². The molecule has 0 bridgehead atoms. The van der Waals surface area contributed by atoms with Crippen LogP contribution in [0.5, 0.6) is 0 Å². The molecule has 1 aliphatic carbocycles. The van der Waals surface area contributed by atoms with Gasteiger partial charge in [-0.2, -0.15) is 0 Å². The van der Waals surface area contributed by atoms with E-state index in [0.29, 0.717) is 0 Å². The van der Waals surface area contributed by atoms with Gasteiger partial charge in [0, 0.05) is 19.1 Å². The lowest BCUT2D eigenvalue weighted by molar-refractivity contribution is 0.278. The maximum Gasteiger partial charge on any atom is 0.0107 e. The number of rotatable bonds is 6. The Kier molecular flexibility index (Phi) is 5.11. The second-order valence-corrected chi connectivity index (χ2v) is 5.66. The molecule has 1 aliphatic heterocycles. The minimum absolute atomic E-state index is 0.875. The number of nitrogens with zero attached hydrogens (tertiary/aromatic N) is 1. The van der Waals surface area contributed by atoms with E-state index in [9.17, 15) is 0 Å². The average Bonchev–Trinajstić information content (AvgIpc) is 3.08. The molecule has 1 atom stereocenters. The molecule has 2 fully saturated rings. The number of hydrogen-bond acceptors (Lipinski definition) is 2. The van der Waals surface area contributed by atoms with E-state index in [-0.39, 0.29) is 0 Å². The van der Waals surface area contributed by atoms with Gasteiger partial charge >= 0.3 is 0 Å². The maximum atomic E-state index is 3.62. The van der Waals surface area contributed by atoms with Crippen LogP contribution in [0.1, 0.15) is 51.9 Å². The SMILES string of the molecule is CCCC1CCCN(CCNC2CC2)CC1. The minimum Gasteiger partial charge on any atom is -0.313 e. The van der Waals surface area contributed by atoms with E-state index in [1.54, 1.807) is 0 Å². The zero-order valence-electron chi connectivity index (χ0n) is 10.9. The molecule has 0 aromatic heterocycles. The van der Waals surface area contributed by atoms with E-state index in [0.717, 1.165) is 12.0 Å². The van der Waals surface area contributed by atoms with Gasteiger partial charge in [0.15, 0.2) is 0 Å². The zero-order valence-corrected chi connectivity index (χ0v) is 10.9. The van der Waals surface area contributed by atoms with Crippen LogP contribution in [0.15, 0.2) is 0 Å². The molecule has 1 heterocycles. The van der Waals surface area contributed by atoms with Crippen LogP contribution in [-0.4, -0.2) is 37.1 Å². The summed E-state index contributed by atoms with van der Waals surface area (Å²) < 4.78 is 0. The molecular formula is C14H28N2. The third-order valence-electron chi connectivity index (χ3n) is 4.08. The Balaban J connectivity index is 1.58. The third-order valence-corrected chi connectivity index (χ3v) is 4.08. The highest BCUT2D eigenvalue weighted by molar-refractivity contribution is 4.81. The minimum atomic E-state index is 0.875. The van der Waals surface area contributed by atoms with E-state index in [2.05, 4.69) is 17.1 Å². The number of nitrogens with one attached hydrogen (secondary N) is 1. The molecule has 0 radical (unpaired) electrons. The quantitative estimate of drug-likeness (QED) is 0.746. The summed E-state index contributed by atoms with van der Waals surface area (Å²) >= 11 is 0. The first-order chi connectivity index (χ1) is 7.88. The van der Waals surface area contributed by atoms with Crippen LogP contribution in [0.2, 0.25) is 0 Å². The first-order valence-corrected chi connectivity index (χ1v) is 7.34. The van der Waals surface area contributed by atoms with Crippen molar-refractivity contribution in [3.63, 3.8) is 0 Å². The van der Waals surface area contributed by atoms with Crippen LogP contribution in [0.3, 0.4) is 0 Å². The van der Waals surface area contributed by atoms with Gasteiger partial charge < -0.3 is 10.2 Å². The normalized spacial score (nSPS) is 27.9. The Morgan fingerprint density at radius 2 is 2.00 bits per heavy atom. The monoisotopic (exact) mass is 224 g/mol. The van der Waals surface area contributed by atoms with Crippen molar-refractivity contribution >= 4 is 0 Å². The Labute approximate surface area is 101 Å². The van der Waals surface area contributed by atoms with Crippen molar-refractivity contribution in [3.05, 3.63) is 0 Å². The van der Waals surface area contributed by atoms with Crippen molar-refractivity contribution in [2.24, 2.45) is 5.92 Å². The lowest BCUT2D eigenvalue weighted by Crippen LogP contribution is -2.33. The van der Waals surface area contributed by atoms with Crippen molar-refractivity contribution in [1.82, 2.24) is 10.2 Å². The summed E-state index contributed by atoms with van der Waals surface area (Å²) in [5.41, 5.74) is 0. The Morgan fingerprint density at radius 1 is 1.12 bits per heavy atom. The molecule has 2 rings (SSSR count). The molecule has 1 N–H and O–H groups in total. The molecule has 0 spiro atoms. The molecule has 94 valence electrons. The van der Waals surface area contributed by atoms with Gasteiger partial charge in [-0.15, -0.1) is 0 Å². The molecule has 1 saturated heterocycles. The van der Waals surface area contributed by atoms with Gasteiger partial charge in [0.25, 0.3) is 0 Å². The van der Waals surface area contributed by atoms with Crippen molar-refractivity contribution in [1.29, 1.82) is 0 Å². The molecule has 0 amide bonds. The van der Waals surface area contributed by atoms with Crippen molar-refractivity contribution in [2.75, 3.05) is 26.2 Å². The van der Waals surface area contributed by atoms with Gasteiger partial charge in [0.05, 0.1) is 0 Å². The number of hydrogen-bond donors (Lipinski definition) is 1. The molecule has 2 nitrogen and oxygen atoms in total. The largest absolute Gasteiger partial charge is 0.313 e. The second-order valence-electron chi connectivity index (χ2n) is 5.66. The molecule has 0 aromatic rings. The van der Waals surface area contributed by atoms with Crippen LogP contribution < -0.4 is 5.32 Å². The molecule has 0 aromatic carbocycles. The van der Waals surface area contributed by atoms with E-state index < -0.39 is 0 Å². The van der Waals surface area contributed by atoms with Gasteiger partial charge in [0.1, 0.15) is 0 Å². The fourth-order valence-electron chi connectivity index (χ4n) is 2.86. The van der Waals surface area contributed by atoms with Crippen molar-refractivity contribution in [2.45, 2.75) is 57.9 Å². The summed E-state index contributed by atoms with van der Waals surface area (Å²) in [5.74, 6) is 1.02. The maximum absolute atomic E-state index is 3.62. The van der Waals surface area contributed by atoms with Crippen LogP contribution in [0, 0.1) is 5.92 Å². The lowest BCUT2D eigenvalue weighted by atomic mass is 9.96. The highest BCUT2D eigenvalue weighted by Crippen LogP contribution is 2.22. The highest BCUT2D eigenvalue weighted by Gasteiger charge is 2.21. The van der Waals surface area contributed by atoms with Crippen LogP contribution in [-0.2, 0) is 0 Å². The molecule has 2 heteroatoms. The van der Waals surface area contributed by atoms with Crippen LogP contribution in [0.25, 0.3) is 0 Å². The van der Waals surface area contributed by atoms with Gasteiger partial charge in [-0.05, 0) is 51.1 Å². The second kappa shape index (κ2) is 6.61. The summed E-state index contributed by atoms with van der Waals surface area (Å²) in [7, 11) is 0. The number of likely N-dealkylation sites (tertiary alicyclic amines) is 1. The summed E-state index contributed by atoms with van der Waals surface area (Å²) in [5, 5.41) is 3.62.